The number of halogens is 1. The molecule has 1 aliphatic rings. The summed E-state index contributed by atoms with van der Waals surface area (Å²) in [5.74, 6) is 0.456. The number of sulfonamides is 1. The van der Waals surface area contributed by atoms with Crippen molar-refractivity contribution in [2.75, 3.05) is 22.8 Å². The number of nitrogens with zero attached hydrogens (tertiary/aromatic N) is 2. The van der Waals surface area contributed by atoms with Crippen LogP contribution in [0.5, 0.6) is 5.75 Å². The zero-order valence-corrected chi connectivity index (χ0v) is 18.8. The van der Waals surface area contributed by atoms with Crippen LogP contribution in [-0.4, -0.2) is 32.5 Å². The Morgan fingerprint density at radius 2 is 2.17 bits per heavy atom. The smallest absolute Gasteiger partial charge is 0.273 e. The van der Waals surface area contributed by atoms with Gasteiger partial charge >= 0.3 is 0 Å². The highest BCUT2D eigenvalue weighted by Gasteiger charge is 2.25. The van der Waals surface area contributed by atoms with Gasteiger partial charge in [0.2, 0.25) is 0 Å². The number of aromatic nitrogens is 1. The van der Waals surface area contributed by atoms with Gasteiger partial charge in [-0.05, 0) is 46.3 Å². The average Bonchev–Trinajstić information content (AvgIpc) is 3.33. The maximum Gasteiger partial charge on any atom is 0.273 e. The summed E-state index contributed by atoms with van der Waals surface area (Å²) in [5, 5.41) is 2.02. The summed E-state index contributed by atoms with van der Waals surface area (Å²) in [6, 6.07) is 8.61. The summed E-state index contributed by atoms with van der Waals surface area (Å²) in [7, 11) is -3.70. The third kappa shape index (κ3) is 4.08. The molecule has 1 aliphatic heterocycles. The Bertz CT molecular complexity index is 1200. The lowest BCUT2D eigenvalue weighted by Crippen LogP contribution is -2.38. The number of nitrogens with one attached hydrogen (secondary N) is 1. The van der Waals surface area contributed by atoms with Crippen LogP contribution in [0.3, 0.4) is 0 Å². The molecule has 3 heterocycles. The minimum absolute atomic E-state index is 0.0123. The topological polar surface area (TPSA) is 88.6 Å². The normalized spacial score (nSPS) is 13.7. The van der Waals surface area contributed by atoms with E-state index in [4.69, 9.17) is 4.74 Å². The number of thiazole rings is 1. The van der Waals surface area contributed by atoms with Crippen LogP contribution in [0.15, 0.2) is 56.4 Å². The number of amides is 1. The maximum atomic E-state index is 12.5. The quantitative estimate of drug-likeness (QED) is 0.497. The van der Waals surface area contributed by atoms with E-state index in [9.17, 15) is 13.2 Å². The Kier molecular flexibility index (Phi) is 5.47. The SMILES string of the molecule is C=CCN1C(=O)COc2ccc(-c3csc(NS(=O)(=O)c4ccc(Br)s4)n3)cc21. The molecule has 0 radical (unpaired) electrons. The van der Waals surface area contributed by atoms with Crippen molar-refractivity contribution >= 4 is 65.4 Å². The van der Waals surface area contributed by atoms with Gasteiger partial charge in [0.1, 0.15) is 9.96 Å². The van der Waals surface area contributed by atoms with E-state index in [1.165, 1.54) is 17.4 Å². The first kappa shape index (κ1) is 20.1. The standard InChI is InChI=1S/C18H14BrN3O4S3/c1-2-7-22-13-8-11(3-4-14(13)26-9-16(22)23)12-10-27-18(20-12)21-29(24,25)17-6-5-15(19)28-17/h2-6,8,10H,1,7,9H2,(H,20,21). The molecule has 0 aliphatic carbocycles. The number of rotatable bonds is 6. The highest BCUT2D eigenvalue weighted by molar-refractivity contribution is 9.11. The van der Waals surface area contributed by atoms with Crippen molar-refractivity contribution in [3.63, 3.8) is 0 Å². The van der Waals surface area contributed by atoms with Gasteiger partial charge in [-0.1, -0.05) is 6.08 Å². The van der Waals surface area contributed by atoms with Gasteiger partial charge in [-0.3, -0.25) is 9.52 Å². The van der Waals surface area contributed by atoms with Crippen LogP contribution in [0.1, 0.15) is 0 Å². The third-order valence-corrected chi connectivity index (χ3v) is 8.39. The van der Waals surface area contributed by atoms with E-state index in [0.717, 1.165) is 20.7 Å². The van der Waals surface area contributed by atoms with Gasteiger partial charge in [0, 0.05) is 17.5 Å². The van der Waals surface area contributed by atoms with Gasteiger partial charge in [0.25, 0.3) is 15.9 Å². The van der Waals surface area contributed by atoms with E-state index in [1.54, 1.807) is 34.6 Å². The van der Waals surface area contributed by atoms with E-state index in [0.29, 0.717) is 23.7 Å². The van der Waals surface area contributed by atoms with Crippen molar-refractivity contribution < 1.29 is 17.9 Å². The van der Waals surface area contributed by atoms with Crippen LogP contribution in [0.2, 0.25) is 0 Å². The summed E-state index contributed by atoms with van der Waals surface area (Å²) < 4.78 is 33.9. The van der Waals surface area contributed by atoms with Crippen molar-refractivity contribution in [2.45, 2.75) is 4.21 Å². The maximum absolute atomic E-state index is 12.5. The molecule has 0 saturated carbocycles. The van der Waals surface area contributed by atoms with Crippen LogP contribution < -0.4 is 14.4 Å². The Balaban J connectivity index is 1.62. The molecule has 1 aromatic carbocycles. The van der Waals surface area contributed by atoms with Crippen molar-refractivity contribution in [1.82, 2.24) is 4.98 Å². The van der Waals surface area contributed by atoms with Crippen LogP contribution in [0, 0.1) is 0 Å². The van der Waals surface area contributed by atoms with Crippen molar-refractivity contribution in [1.29, 1.82) is 0 Å². The molecule has 150 valence electrons. The molecule has 4 rings (SSSR count). The molecule has 0 atom stereocenters. The van der Waals surface area contributed by atoms with E-state index >= 15 is 0 Å². The van der Waals surface area contributed by atoms with Gasteiger partial charge < -0.3 is 9.64 Å². The van der Waals surface area contributed by atoms with Crippen LogP contribution in [0.4, 0.5) is 10.8 Å². The Hall–Kier alpha value is -2.21. The van der Waals surface area contributed by atoms with Crippen molar-refractivity contribution in [3.8, 4) is 17.0 Å². The average molecular weight is 512 g/mol. The molecule has 0 unspecified atom stereocenters. The number of fused-ring (bicyclic) bond motifs is 1. The molecule has 0 bridgehead atoms. The third-order valence-electron chi connectivity index (χ3n) is 4.05. The molecular weight excluding hydrogens is 498 g/mol. The first-order valence-electron chi connectivity index (χ1n) is 8.29. The second kappa shape index (κ2) is 7.90. The number of benzene rings is 1. The summed E-state index contributed by atoms with van der Waals surface area (Å²) in [6.07, 6.45) is 1.65. The Morgan fingerprint density at radius 3 is 2.90 bits per heavy atom. The van der Waals surface area contributed by atoms with Gasteiger partial charge in [-0.15, -0.1) is 29.3 Å². The number of anilines is 2. The fourth-order valence-corrected chi connectivity index (χ4v) is 6.73. The van der Waals surface area contributed by atoms with Crippen LogP contribution in [-0.2, 0) is 14.8 Å². The molecule has 1 amide bonds. The summed E-state index contributed by atoms with van der Waals surface area (Å²) in [4.78, 5) is 18.1. The summed E-state index contributed by atoms with van der Waals surface area (Å²) >= 11 is 5.57. The number of hydrogen-bond acceptors (Lipinski definition) is 7. The second-order valence-electron chi connectivity index (χ2n) is 5.97. The monoisotopic (exact) mass is 511 g/mol. The predicted molar refractivity (Wildman–Crippen MR) is 118 cm³/mol. The lowest BCUT2D eigenvalue weighted by Gasteiger charge is -2.28. The minimum Gasteiger partial charge on any atom is -0.482 e. The molecule has 11 heteroatoms. The summed E-state index contributed by atoms with van der Waals surface area (Å²) in [5.41, 5.74) is 1.98. The molecule has 29 heavy (non-hydrogen) atoms. The highest BCUT2D eigenvalue weighted by Crippen LogP contribution is 2.37. The van der Waals surface area contributed by atoms with E-state index in [1.807, 2.05) is 6.07 Å². The largest absolute Gasteiger partial charge is 0.482 e. The molecule has 3 aromatic rings. The van der Waals surface area contributed by atoms with E-state index in [-0.39, 0.29) is 21.9 Å². The first-order valence-corrected chi connectivity index (χ1v) is 12.3. The van der Waals surface area contributed by atoms with Crippen LogP contribution in [0.25, 0.3) is 11.3 Å². The number of hydrogen-bond donors (Lipinski definition) is 1. The van der Waals surface area contributed by atoms with Gasteiger partial charge in [-0.2, -0.15) is 0 Å². The van der Waals surface area contributed by atoms with Gasteiger partial charge in [0.05, 0.1) is 15.2 Å². The van der Waals surface area contributed by atoms with Crippen molar-refractivity contribution in [3.05, 3.63) is 52.2 Å². The molecular formula is C18H14BrN3O4S3. The summed E-state index contributed by atoms with van der Waals surface area (Å²) in [6.45, 7) is 4.05. The molecule has 2 aromatic heterocycles. The van der Waals surface area contributed by atoms with Gasteiger partial charge in [0.15, 0.2) is 11.7 Å². The predicted octanol–water partition coefficient (Wildman–Crippen LogP) is 4.35. The molecule has 0 spiro atoms. The van der Waals surface area contributed by atoms with Gasteiger partial charge in [-0.25, -0.2) is 13.4 Å². The van der Waals surface area contributed by atoms with Crippen molar-refractivity contribution in [2.24, 2.45) is 0 Å². The zero-order chi connectivity index (χ0) is 20.6. The second-order valence-corrected chi connectivity index (χ2v) is 11.2. The van der Waals surface area contributed by atoms with Crippen LogP contribution >= 0.6 is 38.6 Å². The number of ether oxygens (including phenoxy) is 1. The number of carbonyl (C=O) groups excluding carboxylic acids is 1. The molecule has 7 nitrogen and oxygen atoms in total. The molecule has 0 saturated heterocycles. The molecule has 1 N–H and O–H groups in total. The fourth-order valence-electron chi connectivity index (χ4n) is 2.75. The lowest BCUT2D eigenvalue weighted by molar-refractivity contribution is -0.121. The fraction of sp³-hybridized carbons (Fsp3) is 0.111. The van der Waals surface area contributed by atoms with E-state index < -0.39 is 10.0 Å². The first-order chi connectivity index (χ1) is 13.9. The lowest BCUT2D eigenvalue weighted by atomic mass is 10.1. The Labute approximate surface area is 183 Å². The Morgan fingerprint density at radius 1 is 1.34 bits per heavy atom. The zero-order valence-electron chi connectivity index (χ0n) is 14.8. The number of thiophene rings is 1. The minimum atomic E-state index is -3.70. The molecule has 0 fully saturated rings. The highest BCUT2D eigenvalue weighted by atomic mass is 79.9. The number of carbonyl (C=O) groups is 1. The van der Waals surface area contributed by atoms with E-state index in [2.05, 4.69) is 32.2 Å².